The van der Waals surface area contributed by atoms with Gasteiger partial charge in [0.05, 0.1) is 5.52 Å². The molecule has 1 amide bonds. The highest BCUT2D eigenvalue weighted by Crippen LogP contribution is 2.27. The standard InChI is InChI=1S/C21H24BrN3O2/c1-12(2)25-8-6-17-18(10-15(22)11-19(17)25)20(26)23-7-5-16-13(3)9-14(4)24-21(16)27/h6,8-12H,5,7H2,1-4H3,(H,23,26)(H,24,27). The maximum atomic E-state index is 12.8. The number of benzene rings is 1. The lowest BCUT2D eigenvalue weighted by Gasteiger charge is -2.12. The lowest BCUT2D eigenvalue weighted by Crippen LogP contribution is -2.28. The van der Waals surface area contributed by atoms with E-state index in [2.05, 4.69) is 44.6 Å². The van der Waals surface area contributed by atoms with Gasteiger partial charge in [0.25, 0.3) is 11.5 Å². The van der Waals surface area contributed by atoms with Crippen LogP contribution in [0.5, 0.6) is 0 Å². The third-order valence-corrected chi connectivity index (χ3v) is 5.22. The SMILES string of the molecule is Cc1cc(C)c(CCNC(=O)c2cc(Br)cc3c2ccn3C(C)C)c(=O)[nH]1. The Balaban J connectivity index is 1.80. The van der Waals surface area contributed by atoms with Crippen molar-refractivity contribution in [3.8, 4) is 0 Å². The molecular formula is C21H24BrN3O2. The van der Waals surface area contributed by atoms with E-state index in [1.54, 1.807) is 0 Å². The molecule has 0 atom stereocenters. The summed E-state index contributed by atoms with van der Waals surface area (Å²) in [6.07, 6.45) is 2.51. The van der Waals surface area contributed by atoms with Gasteiger partial charge in [0.2, 0.25) is 0 Å². The molecule has 0 saturated heterocycles. The molecule has 0 spiro atoms. The maximum Gasteiger partial charge on any atom is 0.252 e. The zero-order valence-electron chi connectivity index (χ0n) is 16.0. The molecule has 2 aromatic heterocycles. The highest BCUT2D eigenvalue weighted by molar-refractivity contribution is 9.10. The number of rotatable bonds is 5. The first-order valence-corrected chi connectivity index (χ1v) is 9.85. The molecule has 0 aliphatic carbocycles. The highest BCUT2D eigenvalue weighted by atomic mass is 79.9. The average molecular weight is 430 g/mol. The van der Waals surface area contributed by atoms with E-state index in [4.69, 9.17) is 0 Å². The number of fused-ring (bicyclic) bond motifs is 1. The van der Waals surface area contributed by atoms with E-state index in [-0.39, 0.29) is 11.5 Å². The fourth-order valence-electron chi connectivity index (χ4n) is 3.45. The Bertz CT molecular complexity index is 1060. The van der Waals surface area contributed by atoms with Gasteiger partial charge in [-0.1, -0.05) is 15.9 Å². The minimum Gasteiger partial charge on any atom is -0.352 e. The summed E-state index contributed by atoms with van der Waals surface area (Å²) >= 11 is 3.51. The molecule has 0 fully saturated rings. The summed E-state index contributed by atoms with van der Waals surface area (Å²) in [6, 6.07) is 8.10. The number of aromatic amines is 1. The van der Waals surface area contributed by atoms with Crippen LogP contribution in [0.2, 0.25) is 0 Å². The molecule has 0 aliphatic heterocycles. The van der Waals surface area contributed by atoms with E-state index in [9.17, 15) is 9.59 Å². The Kier molecular flexibility index (Phi) is 5.56. The van der Waals surface area contributed by atoms with E-state index in [1.807, 2.05) is 44.3 Å². The number of amides is 1. The summed E-state index contributed by atoms with van der Waals surface area (Å²) in [5.41, 5.74) is 4.08. The van der Waals surface area contributed by atoms with Crippen molar-refractivity contribution in [1.82, 2.24) is 14.9 Å². The predicted octanol–water partition coefficient (Wildman–Crippen LogP) is 4.26. The number of hydrogen-bond donors (Lipinski definition) is 2. The molecule has 0 saturated carbocycles. The van der Waals surface area contributed by atoms with Crippen molar-refractivity contribution in [2.75, 3.05) is 6.54 Å². The monoisotopic (exact) mass is 429 g/mol. The van der Waals surface area contributed by atoms with Gasteiger partial charge in [-0.3, -0.25) is 9.59 Å². The number of nitrogens with zero attached hydrogens (tertiary/aromatic N) is 1. The fraction of sp³-hybridized carbons (Fsp3) is 0.333. The molecule has 0 aliphatic rings. The lowest BCUT2D eigenvalue weighted by molar-refractivity contribution is 0.0955. The van der Waals surface area contributed by atoms with E-state index < -0.39 is 0 Å². The zero-order chi connectivity index (χ0) is 19.7. The second-order valence-corrected chi connectivity index (χ2v) is 8.07. The molecule has 2 N–H and O–H groups in total. The van der Waals surface area contributed by atoms with Gasteiger partial charge in [-0.15, -0.1) is 0 Å². The van der Waals surface area contributed by atoms with Crippen molar-refractivity contribution in [1.29, 1.82) is 0 Å². The number of nitrogens with one attached hydrogen (secondary N) is 2. The van der Waals surface area contributed by atoms with Crippen molar-refractivity contribution in [2.45, 2.75) is 40.2 Å². The van der Waals surface area contributed by atoms with Gasteiger partial charge >= 0.3 is 0 Å². The summed E-state index contributed by atoms with van der Waals surface area (Å²) in [7, 11) is 0. The van der Waals surface area contributed by atoms with Gasteiger partial charge in [0.15, 0.2) is 0 Å². The van der Waals surface area contributed by atoms with Crippen molar-refractivity contribution in [3.63, 3.8) is 0 Å². The molecule has 0 unspecified atom stereocenters. The summed E-state index contributed by atoms with van der Waals surface area (Å²) in [4.78, 5) is 27.7. The second-order valence-electron chi connectivity index (χ2n) is 7.15. The quantitative estimate of drug-likeness (QED) is 0.635. The first-order chi connectivity index (χ1) is 12.8. The smallest absolute Gasteiger partial charge is 0.252 e. The summed E-state index contributed by atoms with van der Waals surface area (Å²) in [6.45, 7) is 8.42. The first-order valence-electron chi connectivity index (χ1n) is 9.05. The van der Waals surface area contributed by atoms with Crippen molar-refractivity contribution >= 4 is 32.7 Å². The van der Waals surface area contributed by atoms with Crippen LogP contribution in [0.3, 0.4) is 0 Å². The topological polar surface area (TPSA) is 66.9 Å². The van der Waals surface area contributed by atoms with Gasteiger partial charge in [-0.05, 0) is 63.9 Å². The second kappa shape index (κ2) is 7.72. The molecule has 6 heteroatoms. The van der Waals surface area contributed by atoms with Gasteiger partial charge in [0, 0.05) is 45.5 Å². The summed E-state index contributed by atoms with van der Waals surface area (Å²) < 4.78 is 3.01. The van der Waals surface area contributed by atoms with Crippen LogP contribution >= 0.6 is 15.9 Å². The number of carbonyl (C=O) groups excluding carboxylic acids is 1. The van der Waals surface area contributed by atoms with Crippen LogP contribution in [0, 0.1) is 13.8 Å². The molecule has 0 bridgehead atoms. The number of halogens is 1. The maximum absolute atomic E-state index is 12.8. The number of aryl methyl sites for hydroxylation is 2. The normalized spacial score (nSPS) is 11.3. The van der Waals surface area contributed by atoms with Crippen molar-refractivity contribution < 1.29 is 4.79 Å². The molecular weight excluding hydrogens is 406 g/mol. The van der Waals surface area contributed by atoms with E-state index in [0.29, 0.717) is 30.1 Å². The van der Waals surface area contributed by atoms with Crippen LogP contribution in [0.15, 0.2) is 39.7 Å². The number of carbonyl (C=O) groups is 1. The fourth-order valence-corrected chi connectivity index (χ4v) is 3.90. The average Bonchev–Trinajstić information content (AvgIpc) is 3.00. The number of H-pyrrole nitrogens is 1. The van der Waals surface area contributed by atoms with Crippen LogP contribution in [-0.2, 0) is 6.42 Å². The van der Waals surface area contributed by atoms with Gasteiger partial charge in [-0.25, -0.2) is 0 Å². The molecule has 5 nitrogen and oxygen atoms in total. The minimum atomic E-state index is -0.135. The first kappa shape index (κ1) is 19.4. The molecule has 2 heterocycles. The van der Waals surface area contributed by atoms with Crippen LogP contribution in [0.4, 0.5) is 0 Å². The van der Waals surface area contributed by atoms with Gasteiger partial charge in [0.1, 0.15) is 0 Å². The zero-order valence-corrected chi connectivity index (χ0v) is 17.6. The van der Waals surface area contributed by atoms with Crippen molar-refractivity contribution in [3.05, 3.63) is 67.7 Å². The highest BCUT2D eigenvalue weighted by Gasteiger charge is 2.15. The Hall–Kier alpha value is -2.34. The van der Waals surface area contributed by atoms with Gasteiger partial charge < -0.3 is 14.9 Å². The Labute approximate surface area is 166 Å². The van der Waals surface area contributed by atoms with E-state index in [0.717, 1.165) is 26.6 Å². The van der Waals surface area contributed by atoms with E-state index >= 15 is 0 Å². The third kappa shape index (κ3) is 4.00. The van der Waals surface area contributed by atoms with Crippen LogP contribution in [0.1, 0.15) is 47.1 Å². The number of pyridine rings is 1. The molecule has 27 heavy (non-hydrogen) atoms. The lowest BCUT2D eigenvalue weighted by atomic mass is 10.1. The predicted molar refractivity (Wildman–Crippen MR) is 113 cm³/mol. The number of aromatic nitrogens is 2. The van der Waals surface area contributed by atoms with Crippen LogP contribution in [0.25, 0.3) is 10.9 Å². The molecule has 3 aromatic rings. The van der Waals surface area contributed by atoms with Crippen molar-refractivity contribution in [2.24, 2.45) is 0 Å². The Morgan fingerprint density at radius 1 is 1.26 bits per heavy atom. The summed E-state index contributed by atoms with van der Waals surface area (Å²) in [5.74, 6) is -0.135. The number of hydrogen-bond acceptors (Lipinski definition) is 2. The molecule has 3 rings (SSSR count). The summed E-state index contributed by atoms with van der Waals surface area (Å²) in [5, 5.41) is 3.88. The van der Waals surface area contributed by atoms with Gasteiger partial charge in [-0.2, -0.15) is 0 Å². The van der Waals surface area contributed by atoms with E-state index in [1.165, 1.54) is 0 Å². The molecule has 142 valence electrons. The molecule has 0 radical (unpaired) electrons. The largest absolute Gasteiger partial charge is 0.352 e. The Morgan fingerprint density at radius 3 is 2.67 bits per heavy atom. The minimum absolute atomic E-state index is 0.0828. The third-order valence-electron chi connectivity index (χ3n) is 4.76. The Morgan fingerprint density at radius 2 is 2.00 bits per heavy atom. The molecule has 1 aromatic carbocycles. The van der Waals surface area contributed by atoms with Crippen LogP contribution < -0.4 is 10.9 Å². The van der Waals surface area contributed by atoms with Crippen LogP contribution in [-0.4, -0.2) is 22.0 Å².